The van der Waals surface area contributed by atoms with Crippen molar-refractivity contribution in [1.82, 2.24) is 4.98 Å². The summed E-state index contributed by atoms with van der Waals surface area (Å²) in [6.45, 7) is 0. The number of aliphatic hydroxyl groups is 2. The van der Waals surface area contributed by atoms with Gasteiger partial charge in [0.25, 0.3) is 0 Å². The van der Waals surface area contributed by atoms with Crippen LogP contribution >= 0.6 is 0 Å². The highest BCUT2D eigenvalue weighted by Gasteiger charge is 2.24. The summed E-state index contributed by atoms with van der Waals surface area (Å²) in [5.41, 5.74) is 4.44. The summed E-state index contributed by atoms with van der Waals surface area (Å²) in [7, 11) is 1.54. The summed E-state index contributed by atoms with van der Waals surface area (Å²) < 4.78 is 0. The van der Waals surface area contributed by atoms with E-state index in [1.165, 1.54) is 7.11 Å². The van der Waals surface area contributed by atoms with Crippen LogP contribution in [0.15, 0.2) is 47.9 Å². The molecule has 2 N–H and O–H groups in total. The van der Waals surface area contributed by atoms with Crippen molar-refractivity contribution >= 4 is 5.71 Å². The molecule has 0 aliphatic heterocycles. The number of benzene rings is 1. The summed E-state index contributed by atoms with van der Waals surface area (Å²) in [5.74, 6) is 0. The van der Waals surface area contributed by atoms with E-state index in [1.807, 2.05) is 18.2 Å². The van der Waals surface area contributed by atoms with E-state index in [1.54, 1.807) is 24.5 Å². The topological polar surface area (TPSA) is 74.9 Å². The van der Waals surface area contributed by atoms with E-state index in [-0.39, 0.29) is 0 Å². The van der Waals surface area contributed by atoms with E-state index >= 15 is 0 Å². The highest BCUT2D eigenvalue weighted by Crippen LogP contribution is 2.32. The minimum atomic E-state index is -0.977. The SMILES string of the molecule is CO/N=C1/CCc2cc([C@H](O)[C@@H](O)c3ccncc3)ccc21. The van der Waals surface area contributed by atoms with E-state index in [2.05, 4.69) is 10.1 Å². The van der Waals surface area contributed by atoms with Crippen LogP contribution < -0.4 is 0 Å². The van der Waals surface area contributed by atoms with Gasteiger partial charge in [-0.25, -0.2) is 0 Å². The summed E-state index contributed by atoms with van der Waals surface area (Å²) in [6.07, 6.45) is 2.94. The standard InChI is InChI=1S/C17H18N2O3/c1-22-19-15-5-3-12-10-13(2-4-14(12)15)17(21)16(20)11-6-8-18-9-7-11/h2,4,6-10,16-17,20-21H,3,5H2,1H3/b19-15-/t16-,17-/m0/s1. The minimum absolute atomic E-state index is 0.643. The van der Waals surface area contributed by atoms with Gasteiger partial charge in [-0.3, -0.25) is 4.98 Å². The number of rotatable bonds is 4. The van der Waals surface area contributed by atoms with Gasteiger partial charge in [0, 0.05) is 18.0 Å². The average Bonchev–Trinajstić information content (AvgIpc) is 2.97. The van der Waals surface area contributed by atoms with Crippen molar-refractivity contribution in [2.24, 2.45) is 5.16 Å². The van der Waals surface area contributed by atoms with Crippen LogP contribution in [0.25, 0.3) is 0 Å². The molecule has 0 saturated carbocycles. The van der Waals surface area contributed by atoms with Crippen molar-refractivity contribution in [3.8, 4) is 0 Å². The normalized spacial score (nSPS) is 18.0. The van der Waals surface area contributed by atoms with E-state index in [0.717, 1.165) is 29.7 Å². The van der Waals surface area contributed by atoms with Crippen LogP contribution in [0.2, 0.25) is 0 Å². The molecule has 2 atom stereocenters. The molecule has 0 amide bonds. The molecule has 0 spiro atoms. The second kappa shape index (κ2) is 6.25. The number of nitrogens with zero attached hydrogens (tertiary/aromatic N) is 2. The molecule has 0 unspecified atom stereocenters. The van der Waals surface area contributed by atoms with Crippen LogP contribution in [0.1, 0.15) is 40.9 Å². The molecule has 5 nitrogen and oxygen atoms in total. The Morgan fingerprint density at radius 2 is 1.77 bits per heavy atom. The van der Waals surface area contributed by atoms with Gasteiger partial charge in [0.05, 0.1) is 5.71 Å². The molecule has 0 saturated heterocycles. The van der Waals surface area contributed by atoms with E-state index in [4.69, 9.17) is 4.84 Å². The second-order valence-corrected chi connectivity index (χ2v) is 5.31. The van der Waals surface area contributed by atoms with Crippen molar-refractivity contribution in [2.75, 3.05) is 7.11 Å². The molecule has 114 valence electrons. The van der Waals surface area contributed by atoms with E-state index < -0.39 is 12.2 Å². The van der Waals surface area contributed by atoms with Crippen molar-refractivity contribution in [2.45, 2.75) is 25.0 Å². The zero-order valence-corrected chi connectivity index (χ0v) is 12.3. The fourth-order valence-electron chi connectivity index (χ4n) is 2.80. The summed E-state index contributed by atoms with van der Waals surface area (Å²) >= 11 is 0. The summed E-state index contributed by atoms with van der Waals surface area (Å²) in [6, 6.07) is 9.08. The largest absolute Gasteiger partial charge is 0.399 e. The number of pyridine rings is 1. The zero-order valence-electron chi connectivity index (χ0n) is 12.3. The van der Waals surface area contributed by atoms with Gasteiger partial charge in [-0.05, 0) is 41.7 Å². The molecule has 1 aliphatic rings. The molecule has 5 heteroatoms. The van der Waals surface area contributed by atoms with Gasteiger partial charge in [-0.2, -0.15) is 0 Å². The molecule has 1 aromatic heterocycles. The maximum Gasteiger partial charge on any atom is 0.109 e. The number of oxime groups is 1. The molecule has 0 radical (unpaired) electrons. The summed E-state index contributed by atoms with van der Waals surface area (Å²) in [4.78, 5) is 8.76. The van der Waals surface area contributed by atoms with Crippen LogP contribution in [0.5, 0.6) is 0 Å². The number of fused-ring (bicyclic) bond motifs is 1. The fraction of sp³-hybridized carbons (Fsp3) is 0.294. The third-order valence-electron chi connectivity index (χ3n) is 3.96. The maximum absolute atomic E-state index is 10.4. The highest BCUT2D eigenvalue weighted by atomic mass is 16.6. The Kier molecular flexibility index (Phi) is 4.18. The van der Waals surface area contributed by atoms with Gasteiger partial charge in [0.2, 0.25) is 0 Å². The molecular weight excluding hydrogens is 280 g/mol. The lowest BCUT2D eigenvalue weighted by molar-refractivity contribution is 0.0171. The quantitative estimate of drug-likeness (QED) is 0.848. The number of aryl methyl sites for hydroxylation is 1. The Hall–Kier alpha value is -2.24. The van der Waals surface area contributed by atoms with Crippen molar-refractivity contribution in [1.29, 1.82) is 0 Å². The van der Waals surface area contributed by atoms with Gasteiger partial charge < -0.3 is 15.1 Å². The minimum Gasteiger partial charge on any atom is -0.399 e. The molecule has 0 bridgehead atoms. The predicted octanol–water partition coefficient (Wildman–Crippen LogP) is 2.15. The monoisotopic (exact) mass is 298 g/mol. The number of aromatic nitrogens is 1. The van der Waals surface area contributed by atoms with Crippen molar-refractivity contribution in [3.05, 3.63) is 65.0 Å². The molecule has 0 fully saturated rings. The first kappa shape index (κ1) is 14.7. The molecule has 22 heavy (non-hydrogen) atoms. The summed E-state index contributed by atoms with van der Waals surface area (Å²) in [5, 5.41) is 24.7. The average molecular weight is 298 g/mol. The Labute approximate surface area is 128 Å². The van der Waals surface area contributed by atoms with Crippen LogP contribution in [-0.4, -0.2) is 28.0 Å². The first-order valence-corrected chi connectivity index (χ1v) is 7.20. The van der Waals surface area contributed by atoms with E-state index in [0.29, 0.717) is 11.1 Å². The fourth-order valence-corrected chi connectivity index (χ4v) is 2.80. The Morgan fingerprint density at radius 3 is 2.50 bits per heavy atom. The number of hydrogen-bond donors (Lipinski definition) is 2. The van der Waals surface area contributed by atoms with Crippen molar-refractivity contribution < 1.29 is 15.1 Å². The molecule has 1 aliphatic carbocycles. The molecule has 1 heterocycles. The third-order valence-corrected chi connectivity index (χ3v) is 3.96. The van der Waals surface area contributed by atoms with E-state index in [9.17, 15) is 10.2 Å². The van der Waals surface area contributed by atoms with Crippen LogP contribution in [0, 0.1) is 0 Å². The number of aliphatic hydroxyl groups excluding tert-OH is 2. The Bertz CT molecular complexity index is 686. The van der Waals surface area contributed by atoms with Gasteiger partial charge >= 0.3 is 0 Å². The molecule has 2 aromatic rings. The smallest absolute Gasteiger partial charge is 0.109 e. The lowest BCUT2D eigenvalue weighted by Gasteiger charge is -2.19. The van der Waals surface area contributed by atoms with Gasteiger partial charge in [-0.15, -0.1) is 0 Å². The van der Waals surface area contributed by atoms with Gasteiger partial charge in [0.15, 0.2) is 0 Å². The number of hydrogen-bond acceptors (Lipinski definition) is 5. The van der Waals surface area contributed by atoms with Gasteiger partial charge in [-0.1, -0.05) is 23.4 Å². The van der Waals surface area contributed by atoms with Crippen LogP contribution in [0.4, 0.5) is 0 Å². The third kappa shape index (κ3) is 2.73. The molecule has 3 rings (SSSR count). The van der Waals surface area contributed by atoms with Crippen LogP contribution in [0.3, 0.4) is 0 Å². The van der Waals surface area contributed by atoms with Crippen molar-refractivity contribution in [3.63, 3.8) is 0 Å². The second-order valence-electron chi connectivity index (χ2n) is 5.31. The van der Waals surface area contributed by atoms with Gasteiger partial charge in [0.1, 0.15) is 19.3 Å². The predicted molar refractivity (Wildman–Crippen MR) is 82.5 cm³/mol. The first-order valence-electron chi connectivity index (χ1n) is 7.20. The molecular formula is C17H18N2O3. The molecule has 1 aromatic carbocycles. The van der Waals surface area contributed by atoms with Crippen LogP contribution in [-0.2, 0) is 11.3 Å². The first-order chi connectivity index (χ1) is 10.7. The lowest BCUT2D eigenvalue weighted by atomic mass is 9.96. The maximum atomic E-state index is 10.4. The Balaban J connectivity index is 1.86. The zero-order chi connectivity index (χ0) is 15.5. The highest BCUT2D eigenvalue weighted by molar-refractivity contribution is 6.04. The lowest BCUT2D eigenvalue weighted by Crippen LogP contribution is -2.11. The Morgan fingerprint density at radius 1 is 1.05 bits per heavy atom.